The van der Waals surface area contributed by atoms with Gasteiger partial charge in [-0.25, -0.2) is 0 Å². The fraction of sp³-hybridized carbons (Fsp3) is 0.455. The quantitative estimate of drug-likeness (QED) is 0.748. The van der Waals surface area contributed by atoms with E-state index in [1.165, 1.54) is 16.7 Å². The number of ether oxygens (including phenoxy) is 4. The zero-order valence-corrected chi connectivity index (χ0v) is 14.8. The highest BCUT2D eigenvalue weighted by atomic mass is 16.7. The van der Waals surface area contributed by atoms with Crippen molar-refractivity contribution in [2.75, 3.05) is 26.4 Å². The summed E-state index contributed by atoms with van der Waals surface area (Å²) in [7, 11) is 0. The Hall–Kier alpha value is -1.72. The van der Waals surface area contributed by atoms with E-state index < -0.39 is 0 Å². The summed E-state index contributed by atoms with van der Waals surface area (Å²) < 4.78 is 22.6. The summed E-state index contributed by atoms with van der Waals surface area (Å²) in [6.07, 6.45) is 2.61. The van der Waals surface area contributed by atoms with Gasteiger partial charge in [0.05, 0.1) is 38.6 Å². The normalized spacial score (nSPS) is 30.2. The molecule has 136 valence electrons. The summed E-state index contributed by atoms with van der Waals surface area (Å²) in [5.74, 6) is 0.295. The van der Waals surface area contributed by atoms with Crippen molar-refractivity contribution in [3.05, 3.63) is 70.8 Å². The highest BCUT2D eigenvalue weighted by Crippen LogP contribution is 2.30. The summed E-state index contributed by atoms with van der Waals surface area (Å²) in [4.78, 5) is 0. The molecule has 0 aliphatic carbocycles. The molecular formula is C22H24O4. The molecule has 0 radical (unpaired) electrons. The van der Waals surface area contributed by atoms with Gasteiger partial charge in [0.1, 0.15) is 0 Å². The molecule has 5 rings (SSSR count). The van der Waals surface area contributed by atoms with E-state index in [9.17, 15) is 0 Å². The molecule has 2 aromatic carbocycles. The third-order valence-corrected chi connectivity index (χ3v) is 5.33. The van der Waals surface area contributed by atoms with Crippen LogP contribution in [0.15, 0.2) is 48.5 Å². The van der Waals surface area contributed by atoms with E-state index in [1.807, 2.05) is 0 Å². The minimum absolute atomic E-state index is 0.260. The Balaban J connectivity index is 1.16. The Bertz CT molecular complexity index is 658. The van der Waals surface area contributed by atoms with Crippen LogP contribution in [0.4, 0.5) is 0 Å². The predicted octanol–water partition coefficient (Wildman–Crippen LogP) is 3.40. The second-order valence-electron chi connectivity index (χ2n) is 7.50. The smallest absolute Gasteiger partial charge is 0.183 e. The molecule has 0 saturated carbocycles. The average molecular weight is 352 g/mol. The van der Waals surface area contributed by atoms with Gasteiger partial charge < -0.3 is 18.9 Å². The third-order valence-electron chi connectivity index (χ3n) is 5.33. The van der Waals surface area contributed by atoms with Gasteiger partial charge in [0.15, 0.2) is 6.29 Å². The minimum atomic E-state index is -0.260. The van der Waals surface area contributed by atoms with E-state index in [0.717, 1.165) is 31.6 Å². The van der Waals surface area contributed by atoms with Crippen LogP contribution >= 0.6 is 0 Å². The van der Waals surface area contributed by atoms with Crippen molar-refractivity contribution in [3.8, 4) is 0 Å². The molecule has 2 aromatic rings. The van der Waals surface area contributed by atoms with Crippen molar-refractivity contribution in [1.29, 1.82) is 0 Å². The average Bonchev–Trinajstić information content (AvgIpc) is 3.61. The largest absolute Gasteiger partial charge is 0.373 e. The van der Waals surface area contributed by atoms with Crippen LogP contribution in [0.25, 0.3) is 0 Å². The van der Waals surface area contributed by atoms with Crippen LogP contribution < -0.4 is 0 Å². The van der Waals surface area contributed by atoms with E-state index in [1.54, 1.807) is 0 Å². The summed E-state index contributed by atoms with van der Waals surface area (Å²) in [5.41, 5.74) is 5.01. The fourth-order valence-corrected chi connectivity index (χ4v) is 3.52. The zero-order valence-electron chi connectivity index (χ0n) is 14.8. The Kier molecular flexibility index (Phi) is 4.51. The first-order chi connectivity index (χ1) is 12.8. The molecule has 0 aromatic heterocycles. The summed E-state index contributed by atoms with van der Waals surface area (Å²) in [5, 5.41) is 0. The summed E-state index contributed by atoms with van der Waals surface area (Å²) in [6, 6.07) is 17.3. The van der Waals surface area contributed by atoms with Gasteiger partial charge in [-0.3, -0.25) is 0 Å². The molecule has 4 heteroatoms. The van der Waals surface area contributed by atoms with E-state index >= 15 is 0 Å². The van der Waals surface area contributed by atoms with Crippen LogP contribution in [0, 0.1) is 0 Å². The van der Waals surface area contributed by atoms with Gasteiger partial charge >= 0.3 is 0 Å². The van der Waals surface area contributed by atoms with Crippen molar-refractivity contribution in [2.45, 2.75) is 37.3 Å². The topological polar surface area (TPSA) is 43.5 Å². The molecule has 3 saturated heterocycles. The van der Waals surface area contributed by atoms with Crippen molar-refractivity contribution >= 4 is 0 Å². The standard InChI is InChI=1S/C22H24O4/c1-5-17(6-2-15(1)9-20-13-23-20)19-11-25-22(26-12-19)18-7-3-16(4-8-18)10-21-14-24-21/h1-8,19-22H,9-14H2. The Morgan fingerprint density at radius 2 is 1.04 bits per heavy atom. The minimum Gasteiger partial charge on any atom is -0.373 e. The zero-order chi connectivity index (χ0) is 17.3. The van der Waals surface area contributed by atoms with E-state index in [-0.39, 0.29) is 6.29 Å². The molecule has 26 heavy (non-hydrogen) atoms. The van der Waals surface area contributed by atoms with E-state index in [4.69, 9.17) is 18.9 Å². The Labute approximate surface area is 154 Å². The second kappa shape index (κ2) is 7.12. The van der Waals surface area contributed by atoms with Gasteiger partial charge in [-0.1, -0.05) is 48.5 Å². The molecular weight excluding hydrogens is 328 g/mol. The number of epoxide rings is 2. The van der Waals surface area contributed by atoms with E-state index in [2.05, 4.69) is 48.5 Å². The Morgan fingerprint density at radius 1 is 0.577 bits per heavy atom. The van der Waals surface area contributed by atoms with Crippen LogP contribution in [0.3, 0.4) is 0 Å². The highest BCUT2D eigenvalue weighted by Gasteiger charge is 2.26. The first-order valence-electron chi connectivity index (χ1n) is 9.47. The number of hydrogen-bond donors (Lipinski definition) is 0. The Morgan fingerprint density at radius 3 is 1.50 bits per heavy atom. The van der Waals surface area contributed by atoms with Crippen LogP contribution in [-0.2, 0) is 31.8 Å². The lowest BCUT2D eigenvalue weighted by Gasteiger charge is -2.30. The molecule has 0 N–H and O–H groups in total. The van der Waals surface area contributed by atoms with Gasteiger partial charge in [-0.2, -0.15) is 0 Å². The summed E-state index contributed by atoms with van der Waals surface area (Å²) >= 11 is 0. The first kappa shape index (κ1) is 16.5. The molecule has 0 amide bonds. The van der Waals surface area contributed by atoms with Crippen LogP contribution in [0.5, 0.6) is 0 Å². The van der Waals surface area contributed by atoms with Crippen molar-refractivity contribution in [2.24, 2.45) is 0 Å². The molecule has 0 spiro atoms. The maximum Gasteiger partial charge on any atom is 0.183 e. The lowest BCUT2D eigenvalue weighted by molar-refractivity contribution is -0.191. The second-order valence-corrected chi connectivity index (χ2v) is 7.50. The van der Waals surface area contributed by atoms with Gasteiger partial charge in [-0.15, -0.1) is 0 Å². The van der Waals surface area contributed by atoms with Gasteiger partial charge in [0.25, 0.3) is 0 Å². The maximum absolute atomic E-state index is 6.00. The highest BCUT2D eigenvalue weighted by molar-refractivity contribution is 5.28. The molecule has 2 unspecified atom stereocenters. The number of rotatable bonds is 6. The third kappa shape index (κ3) is 3.99. The number of hydrogen-bond acceptors (Lipinski definition) is 4. The van der Waals surface area contributed by atoms with E-state index in [0.29, 0.717) is 31.3 Å². The molecule has 4 nitrogen and oxygen atoms in total. The monoisotopic (exact) mass is 352 g/mol. The lowest BCUT2D eigenvalue weighted by atomic mass is 9.97. The first-order valence-corrected chi connectivity index (χ1v) is 9.47. The van der Waals surface area contributed by atoms with Crippen LogP contribution in [-0.4, -0.2) is 38.6 Å². The summed E-state index contributed by atoms with van der Waals surface area (Å²) in [6.45, 7) is 3.18. The molecule has 3 aliphatic heterocycles. The molecule has 3 heterocycles. The van der Waals surface area contributed by atoms with Crippen molar-refractivity contribution in [3.63, 3.8) is 0 Å². The fourth-order valence-electron chi connectivity index (χ4n) is 3.52. The van der Waals surface area contributed by atoms with Crippen molar-refractivity contribution in [1.82, 2.24) is 0 Å². The number of benzene rings is 2. The molecule has 3 aliphatic rings. The van der Waals surface area contributed by atoms with Crippen molar-refractivity contribution < 1.29 is 18.9 Å². The maximum atomic E-state index is 6.00. The van der Waals surface area contributed by atoms with Crippen LogP contribution in [0.1, 0.15) is 34.5 Å². The molecule has 2 atom stereocenters. The van der Waals surface area contributed by atoms with Crippen LogP contribution in [0.2, 0.25) is 0 Å². The van der Waals surface area contributed by atoms with Gasteiger partial charge in [0.2, 0.25) is 0 Å². The van der Waals surface area contributed by atoms with Gasteiger partial charge in [-0.05, 0) is 16.7 Å². The van der Waals surface area contributed by atoms with Gasteiger partial charge in [0, 0.05) is 24.3 Å². The molecule has 3 fully saturated rings. The molecule has 0 bridgehead atoms. The predicted molar refractivity (Wildman–Crippen MR) is 97.2 cm³/mol. The SMILES string of the molecule is c1cc(C2COC(c3ccc(CC4CO4)cc3)OC2)ccc1CC1CO1. The lowest BCUT2D eigenvalue weighted by Crippen LogP contribution is -2.25.